The molecule has 2 aromatic rings. The molecule has 0 spiro atoms. The molecule has 1 heterocycles. The first kappa shape index (κ1) is 10.7. The van der Waals surface area contributed by atoms with Gasteiger partial charge in [0.25, 0.3) is 0 Å². The third-order valence-electron chi connectivity index (χ3n) is 2.24. The maximum absolute atomic E-state index is 8.57. The van der Waals surface area contributed by atoms with Crippen molar-refractivity contribution in [2.75, 3.05) is 0 Å². The number of hydrogen-bond donors (Lipinski definition) is 1. The minimum Gasteiger partial charge on any atom is -0.410 e. The zero-order valence-electron chi connectivity index (χ0n) is 8.51. The van der Waals surface area contributed by atoms with Crippen molar-refractivity contribution < 1.29 is 9.73 Å². The summed E-state index contributed by atoms with van der Waals surface area (Å²) in [6.07, 6.45) is 0. The zero-order valence-corrected chi connectivity index (χ0v) is 9.27. The van der Waals surface area contributed by atoms with Gasteiger partial charge in [-0.3, -0.25) is 0 Å². The van der Waals surface area contributed by atoms with Gasteiger partial charge in [0.1, 0.15) is 0 Å². The fourth-order valence-electron chi connectivity index (χ4n) is 1.43. The van der Waals surface area contributed by atoms with Crippen molar-refractivity contribution in [3.8, 4) is 11.3 Å². The number of halogens is 1. The van der Waals surface area contributed by atoms with Crippen LogP contribution in [-0.2, 0) is 0 Å². The van der Waals surface area contributed by atoms with Crippen LogP contribution in [0.2, 0.25) is 0 Å². The van der Waals surface area contributed by atoms with Crippen LogP contribution in [0, 0.1) is 6.92 Å². The van der Waals surface area contributed by atoms with Crippen molar-refractivity contribution >= 4 is 16.8 Å². The number of hydrogen-bond acceptors (Lipinski definition) is 4. The molecule has 0 aliphatic carbocycles. The first-order valence-corrected chi connectivity index (χ1v) is 5.01. The summed E-state index contributed by atoms with van der Waals surface area (Å²) in [6, 6.07) is 9.53. The molecule has 1 aromatic carbocycles. The van der Waals surface area contributed by atoms with Gasteiger partial charge in [-0.25, -0.2) is 0 Å². The lowest BCUT2D eigenvalue weighted by Crippen LogP contribution is -1.93. The van der Waals surface area contributed by atoms with E-state index >= 15 is 0 Å². The Morgan fingerprint density at radius 3 is 2.69 bits per heavy atom. The SMILES string of the molecule is Cc1c(C(Cl)=NO)noc1-c1ccccc1. The Labute approximate surface area is 97.1 Å². The van der Waals surface area contributed by atoms with Crippen molar-refractivity contribution in [1.82, 2.24) is 5.16 Å². The molecule has 0 aliphatic heterocycles. The van der Waals surface area contributed by atoms with E-state index in [0.29, 0.717) is 11.5 Å². The lowest BCUT2D eigenvalue weighted by molar-refractivity contribution is 0.320. The Bertz CT molecular complexity index is 520. The van der Waals surface area contributed by atoms with Crippen LogP contribution in [0.5, 0.6) is 0 Å². The maximum Gasteiger partial charge on any atom is 0.197 e. The van der Waals surface area contributed by atoms with Gasteiger partial charge in [-0.15, -0.1) is 0 Å². The highest BCUT2D eigenvalue weighted by atomic mass is 35.5. The maximum atomic E-state index is 8.57. The van der Waals surface area contributed by atoms with E-state index in [1.807, 2.05) is 37.3 Å². The normalized spacial score (nSPS) is 11.8. The van der Waals surface area contributed by atoms with Crippen molar-refractivity contribution in [2.24, 2.45) is 5.16 Å². The smallest absolute Gasteiger partial charge is 0.197 e. The van der Waals surface area contributed by atoms with Crippen LogP contribution in [-0.4, -0.2) is 15.5 Å². The molecule has 0 fully saturated rings. The summed E-state index contributed by atoms with van der Waals surface area (Å²) in [5, 5.41) is 15.1. The zero-order chi connectivity index (χ0) is 11.5. The number of benzene rings is 1. The van der Waals surface area contributed by atoms with Gasteiger partial charge in [0.2, 0.25) is 0 Å². The summed E-state index contributed by atoms with van der Waals surface area (Å²) in [6.45, 7) is 1.81. The van der Waals surface area contributed by atoms with Crippen LogP contribution < -0.4 is 0 Å². The minimum atomic E-state index is -0.0802. The summed E-state index contributed by atoms with van der Waals surface area (Å²) in [4.78, 5) is 0. The molecular weight excluding hydrogens is 228 g/mol. The largest absolute Gasteiger partial charge is 0.410 e. The molecule has 0 atom stereocenters. The first-order chi connectivity index (χ1) is 7.74. The van der Waals surface area contributed by atoms with E-state index in [9.17, 15) is 0 Å². The Morgan fingerprint density at radius 1 is 1.38 bits per heavy atom. The third kappa shape index (κ3) is 1.79. The van der Waals surface area contributed by atoms with Gasteiger partial charge < -0.3 is 9.73 Å². The van der Waals surface area contributed by atoms with E-state index in [0.717, 1.165) is 11.1 Å². The van der Waals surface area contributed by atoms with Gasteiger partial charge in [0.05, 0.1) is 0 Å². The third-order valence-corrected chi connectivity index (χ3v) is 2.50. The Balaban J connectivity index is 2.50. The predicted octanol–water partition coefficient (Wildman–Crippen LogP) is 3.02. The summed E-state index contributed by atoms with van der Waals surface area (Å²) in [5.74, 6) is 0.623. The summed E-state index contributed by atoms with van der Waals surface area (Å²) in [7, 11) is 0. The minimum absolute atomic E-state index is 0.0802. The highest BCUT2D eigenvalue weighted by Gasteiger charge is 2.16. The quantitative estimate of drug-likeness (QED) is 0.495. The van der Waals surface area contributed by atoms with Crippen molar-refractivity contribution in [3.05, 3.63) is 41.6 Å². The molecule has 0 amide bonds. The highest BCUT2D eigenvalue weighted by molar-refractivity contribution is 6.69. The fraction of sp³-hybridized carbons (Fsp3) is 0.0909. The molecule has 5 heteroatoms. The topological polar surface area (TPSA) is 58.6 Å². The molecule has 4 nitrogen and oxygen atoms in total. The molecule has 16 heavy (non-hydrogen) atoms. The van der Waals surface area contributed by atoms with Gasteiger partial charge in [-0.2, -0.15) is 0 Å². The van der Waals surface area contributed by atoms with Crippen LogP contribution in [0.1, 0.15) is 11.3 Å². The van der Waals surface area contributed by atoms with Gasteiger partial charge in [-0.1, -0.05) is 52.2 Å². The lowest BCUT2D eigenvalue weighted by atomic mass is 10.1. The average molecular weight is 237 g/mol. The van der Waals surface area contributed by atoms with Crippen molar-refractivity contribution in [2.45, 2.75) is 6.92 Å². The Hall–Kier alpha value is -1.81. The second kappa shape index (κ2) is 4.37. The molecule has 1 N–H and O–H groups in total. The summed E-state index contributed by atoms with van der Waals surface area (Å²) in [5.41, 5.74) is 2.00. The van der Waals surface area contributed by atoms with E-state index < -0.39 is 0 Å². The molecular formula is C11H9ClN2O2. The van der Waals surface area contributed by atoms with Crippen molar-refractivity contribution in [1.29, 1.82) is 0 Å². The molecule has 0 radical (unpaired) electrons. The summed E-state index contributed by atoms with van der Waals surface area (Å²) >= 11 is 5.67. The average Bonchev–Trinajstić information content (AvgIpc) is 2.71. The second-order valence-electron chi connectivity index (χ2n) is 3.24. The van der Waals surface area contributed by atoms with E-state index in [4.69, 9.17) is 21.3 Å². The predicted molar refractivity (Wildman–Crippen MR) is 60.9 cm³/mol. The van der Waals surface area contributed by atoms with Gasteiger partial charge >= 0.3 is 0 Å². The van der Waals surface area contributed by atoms with Crippen molar-refractivity contribution in [3.63, 3.8) is 0 Å². The van der Waals surface area contributed by atoms with Crippen LogP contribution in [0.25, 0.3) is 11.3 Å². The molecule has 1 aromatic heterocycles. The number of aromatic nitrogens is 1. The number of nitrogens with zero attached hydrogens (tertiary/aromatic N) is 2. The lowest BCUT2D eigenvalue weighted by Gasteiger charge is -1.96. The van der Waals surface area contributed by atoms with Gasteiger partial charge in [0.15, 0.2) is 16.6 Å². The molecule has 0 aliphatic rings. The van der Waals surface area contributed by atoms with Crippen LogP contribution in [0.4, 0.5) is 0 Å². The van der Waals surface area contributed by atoms with E-state index in [-0.39, 0.29) is 5.17 Å². The second-order valence-corrected chi connectivity index (χ2v) is 3.60. The summed E-state index contributed by atoms with van der Waals surface area (Å²) < 4.78 is 5.18. The molecule has 0 saturated heterocycles. The van der Waals surface area contributed by atoms with E-state index in [1.54, 1.807) is 0 Å². The van der Waals surface area contributed by atoms with Crippen LogP contribution in [0.15, 0.2) is 40.0 Å². The van der Waals surface area contributed by atoms with Gasteiger partial charge in [0, 0.05) is 11.1 Å². The highest BCUT2D eigenvalue weighted by Crippen LogP contribution is 2.26. The molecule has 0 bridgehead atoms. The first-order valence-electron chi connectivity index (χ1n) is 4.63. The fourth-order valence-corrected chi connectivity index (χ4v) is 1.61. The Morgan fingerprint density at radius 2 is 2.06 bits per heavy atom. The number of oxime groups is 1. The standard InChI is InChI=1S/C11H9ClN2O2/c1-7-9(11(12)13-15)14-16-10(7)8-5-3-2-4-6-8/h2-6,15H,1H3. The van der Waals surface area contributed by atoms with E-state index in [1.165, 1.54) is 0 Å². The Kier molecular flexibility index (Phi) is 2.92. The van der Waals surface area contributed by atoms with Gasteiger partial charge in [-0.05, 0) is 6.92 Å². The monoisotopic (exact) mass is 236 g/mol. The molecule has 2 rings (SSSR count). The molecule has 0 unspecified atom stereocenters. The van der Waals surface area contributed by atoms with Crippen LogP contribution >= 0.6 is 11.6 Å². The molecule has 82 valence electrons. The van der Waals surface area contributed by atoms with E-state index in [2.05, 4.69) is 10.3 Å². The van der Waals surface area contributed by atoms with Crippen LogP contribution in [0.3, 0.4) is 0 Å². The molecule has 0 saturated carbocycles. The number of rotatable bonds is 2.